The Morgan fingerprint density at radius 1 is 1.22 bits per heavy atom. The summed E-state index contributed by atoms with van der Waals surface area (Å²) in [6, 6.07) is 9.53. The molecule has 0 atom stereocenters. The van der Waals surface area contributed by atoms with E-state index in [9.17, 15) is 4.79 Å². The van der Waals surface area contributed by atoms with Crippen LogP contribution in [0.3, 0.4) is 0 Å². The van der Waals surface area contributed by atoms with Gasteiger partial charge in [-0.15, -0.1) is 0 Å². The molecule has 0 unspecified atom stereocenters. The van der Waals surface area contributed by atoms with Crippen LogP contribution in [0, 0.1) is 0 Å². The summed E-state index contributed by atoms with van der Waals surface area (Å²) in [5.41, 5.74) is 1.57. The minimum Gasteiger partial charge on any atom is -0.466 e. The van der Waals surface area contributed by atoms with Gasteiger partial charge in [-0.2, -0.15) is 0 Å². The maximum atomic E-state index is 11.1. The van der Waals surface area contributed by atoms with Gasteiger partial charge in [-0.1, -0.05) is 35.5 Å². The first-order valence-electron chi connectivity index (χ1n) is 6.20. The zero-order valence-electron chi connectivity index (χ0n) is 10.6. The van der Waals surface area contributed by atoms with Crippen LogP contribution >= 0.6 is 0 Å². The van der Waals surface area contributed by atoms with Gasteiger partial charge in [-0.3, -0.25) is 4.79 Å². The van der Waals surface area contributed by atoms with Crippen molar-refractivity contribution in [1.29, 1.82) is 0 Å². The third kappa shape index (κ3) is 4.99. The predicted octanol–water partition coefficient (Wildman–Crippen LogP) is 2.99. The Morgan fingerprint density at radius 2 is 1.89 bits per heavy atom. The topological polar surface area (TPSA) is 58.9 Å². The summed E-state index contributed by atoms with van der Waals surface area (Å²) in [5.74, 6) is -0.167. The summed E-state index contributed by atoms with van der Waals surface area (Å²) in [4.78, 5) is 11.1. The molecule has 1 rings (SSSR count). The highest BCUT2D eigenvalue weighted by Crippen LogP contribution is 2.09. The molecule has 0 bridgehead atoms. The Labute approximate surface area is 107 Å². The molecule has 4 heteroatoms. The van der Waals surface area contributed by atoms with Crippen molar-refractivity contribution in [3.63, 3.8) is 0 Å². The highest BCUT2D eigenvalue weighted by molar-refractivity contribution is 6.00. The van der Waals surface area contributed by atoms with Crippen LogP contribution in [-0.2, 0) is 9.53 Å². The average molecular weight is 249 g/mol. The van der Waals surface area contributed by atoms with E-state index in [1.54, 1.807) is 6.92 Å². The second-order valence-electron chi connectivity index (χ2n) is 3.92. The molecular weight excluding hydrogens is 230 g/mol. The lowest BCUT2D eigenvalue weighted by Gasteiger charge is -2.04. The Hall–Kier alpha value is -1.84. The second kappa shape index (κ2) is 8.28. The van der Waals surface area contributed by atoms with E-state index >= 15 is 0 Å². The summed E-state index contributed by atoms with van der Waals surface area (Å²) >= 11 is 0. The number of rotatable bonds is 7. The van der Waals surface area contributed by atoms with Crippen LogP contribution in [0.1, 0.15) is 38.2 Å². The molecule has 1 aromatic rings. The number of carbonyl (C=O) groups excluding carboxylic acids is 1. The average Bonchev–Trinajstić information content (AvgIpc) is 2.40. The van der Waals surface area contributed by atoms with Crippen molar-refractivity contribution < 1.29 is 14.7 Å². The van der Waals surface area contributed by atoms with Gasteiger partial charge in [0.05, 0.1) is 12.3 Å². The van der Waals surface area contributed by atoms with Gasteiger partial charge in [-0.25, -0.2) is 0 Å². The van der Waals surface area contributed by atoms with Crippen LogP contribution in [0.2, 0.25) is 0 Å². The number of unbranched alkanes of at least 4 members (excludes halogenated alkanes) is 1. The zero-order chi connectivity index (χ0) is 13.2. The summed E-state index contributed by atoms with van der Waals surface area (Å²) in [7, 11) is 0. The summed E-state index contributed by atoms with van der Waals surface area (Å²) in [6.07, 6.45) is 2.61. The normalized spacial score (nSPS) is 11.3. The van der Waals surface area contributed by atoms with E-state index in [-0.39, 0.29) is 5.97 Å². The zero-order valence-corrected chi connectivity index (χ0v) is 10.6. The lowest BCUT2D eigenvalue weighted by atomic mass is 10.0. The monoisotopic (exact) mass is 249 g/mol. The minimum atomic E-state index is -0.167. The van der Waals surface area contributed by atoms with Gasteiger partial charge in [0.2, 0.25) is 0 Å². The van der Waals surface area contributed by atoms with E-state index in [1.807, 2.05) is 30.3 Å². The van der Waals surface area contributed by atoms with Gasteiger partial charge < -0.3 is 9.94 Å². The number of hydrogen-bond donors (Lipinski definition) is 1. The molecule has 0 aromatic heterocycles. The van der Waals surface area contributed by atoms with E-state index in [4.69, 9.17) is 9.94 Å². The first-order chi connectivity index (χ1) is 8.77. The van der Waals surface area contributed by atoms with Crippen molar-refractivity contribution in [3.05, 3.63) is 35.9 Å². The molecule has 0 saturated heterocycles. The molecular formula is C14H19NO3. The minimum absolute atomic E-state index is 0.167. The lowest BCUT2D eigenvalue weighted by molar-refractivity contribution is -0.143. The fourth-order valence-electron chi connectivity index (χ4n) is 1.68. The second-order valence-corrected chi connectivity index (χ2v) is 3.92. The van der Waals surface area contributed by atoms with Crippen molar-refractivity contribution in [2.24, 2.45) is 5.16 Å². The van der Waals surface area contributed by atoms with Crippen LogP contribution in [0.25, 0.3) is 0 Å². The SMILES string of the molecule is CCOC(=O)CCCC/C(=N\O)c1ccccc1. The molecule has 0 radical (unpaired) electrons. The molecule has 0 aliphatic rings. The van der Waals surface area contributed by atoms with E-state index in [2.05, 4.69) is 5.16 Å². The Morgan fingerprint density at radius 3 is 2.50 bits per heavy atom. The first kappa shape index (κ1) is 14.2. The molecule has 4 nitrogen and oxygen atoms in total. The molecule has 0 fully saturated rings. The van der Waals surface area contributed by atoms with Crippen LogP contribution in [0.4, 0.5) is 0 Å². The fourth-order valence-corrected chi connectivity index (χ4v) is 1.68. The van der Waals surface area contributed by atoms with Crippen LogP contribution < -0.4 is 0 Å². The van der Waals surface area contributed by atoms with Crippen molar-refractivity contribution in [2.45, 2.75) is 32.6 Å². The van der Waals surface area contributed by atoms with Crippen molar-refractivity contribution in [1.82, 2.24) is 0 Å². The number of carbonyl (C=O) groups is 1. The van der Waals surface area contributed by atoms with E-state index in [0.29, 0.717) is 25.2 Å². The van der Waals surface area contributed by atoms with Crippen molar-refractivity contribution >= 4 is 11.7 Å². The number of hydrogen-bond acceptors (Lipinski definition) is 4. The van der Waals surface area contributed by atoms with Gasteiger partial charge in [-0.05, 0) is 31.7 Å². The number of esters is 1. The molecule has 0 heterocycles. The van der Waals surface area contributed by atoms with Gasteiger partial charge in [0.25, 0.3) is 0 Å². The van der Waals surface area contributed by atoms with Crippen LogP contribution in [0.15, 0.2) is 35.5 Å². The summed E-state index contributed by atoms with van der Waals surface area (Å²) < 4.78 is 4.84. The lowest BCUT2D eigenvalue weighted by Crippen LogP contribution is -2.05. The Bertz CT molecular complexity index is 387. The number of nitrogens with zero attached hydrogens (tertiary/aromatic N) is 1. The summed E-state index contributed by atoms with van der Waals surface area (Å²) in [5, 5.41) is 12.3. The number of ether oxygens (including phenoxy) is 1. The maximum absolute atomic E-state index is 11.1. The predicted molar refractivity (Wildman–Crippen MR) is 69.9 cm³/mol. The van der Waals surface area contributed by atoms with E-state index in [1.165, 1.54) is 0 Å². The number of benzene rings is 1. The Balaban J connectivity index is 2.32. The molecule has 0 aliphatic heterocycles. The van der Waals surface area contributed by atoms with Gasteiger partial charge in [0, 0.05) is 6.42 Å². The third-order valence-electron chi connectivity index (χ3n) is 2.58. The van der Waals surface area contributed by atoms with Crippen LogP contribution in [-0.4, -0.2) is 23.5 Å². The van der Waals surface area contributed by atoms with Gasteiger partial charge >= 0.3 is 5.97 Å². The van der Waals surface area contributed by atoms with E-state index < -0.39 is 0 Å². The van der Waals surface area contributed by atoms with Gasteiger partial charge in [0.15, 0.2) is 0 Å². The summed E-state index contributed by atoms with van der Waals surface area (Å²) in [6.45, 7) is 2.22. The van der Waals surface area contributed by atoms with Crippen LogP contribution in [0.5, 0.6) is 0 Å². The molecule has 18 heavy (non-hydrogen) atoms. The molecule has 0 spiro atoms. The fraction of sp³-hybridized carbons (Fsp3) is 0.429. The smallest absolute Gasteiger partial charge is 0.305 e. The maximum Gasteiger partial charge on any atom is 0.305 e. The first-order valence-corrected chi connectivity index (χ1v) is 6.20. The molecule has 1 N–H and O–H groups in total. The van der Waals surface area contributed by atoms with Gasteiger partial charge in [0.1, 0.15) is 0 Å². The highest BCUT2D eigenvalue weighted by Gasteiger charge is 2.05. The van der Waals surface area contributed by atoms with E-state index in [0.717, 1.165) is 18.4 Å². The molecule has 98 valence electrons. The largest absolute Gasteiger partial charge is 0.466 e. The molecule has 1 aromatic carbocycles. The molecule has 0 aliphatic carbocycles. The van der Waals surface area contributed by atoms with Crippen molar-refractivity contribution in [3.8, 4) is 0 Å². The van der Waals surface area contributed by atoms with Crippen molar-refractivity contribution in [2.75, 3.05) is 6.61 Å². The number of oxime groups is 1. The third-order valence-corrected chi connectivity index (χ3v) is 2.58. The standard InChI is InChI=1S/C14H19NO3/c1-2-18-14(16)11-7-6-10-13(15-17)12-8-4-3-5-9-12/h3-5,8-9,17H,2,6-7,10-11H2,1H3/b15-13+. The quantitative estimate of drug-likeness (QED) is 0.266. The molecule has 0 saturated carbocycles. The molecule has 0 amide bonds. The Kier molecular flexibility index (Phi) is 6.54. The highest BCUT2D eigenvalue weighted by atomic mass is 16.5.